The lowest BCUT2D eigenvalue weighted by molar-refractivity contribution is 0.170. The van der Waals surface area contributed by atoms with Crippen molar-refractivity contribution in [2.45, 2.75) is 23.7 Å². The van der Waals surface area contributed by atoms with Crippen molar-refractivity contribution in [2.75, 3.05) is 33.8 Å². The second-order valence-electron chi connectivity index (χ2n) is 5.33. The van der Waals surface area contributed by atoms with Gasteiger partial charge in [0.25, 0.3) is 0 Å². The van der Waals surface area contributed by atoms with Crippen LogP contribution in [0, 0.1) is 0 Å². The number of piperazine rings is 1. The fourth-order valence-electron chi connectivity index (χ4n) is 2.64. The van der Waals surface area contributed by atoms with Gasteiger partial charge >= 0.3 is 0 Å². The topological polar surface area (TPSA) is 49.9 Å². The predicted octanol–water partition coefficient (Wildman–Crippen LogP) is 1.76. The van der Waals surface area contributed by atoms with Crippen LogP contribution >= 0.6 is 11.6 Å². The molecule has 0 radical (unpaired) electrons. The zero-order chi connectivity index (χ0) is 15.6. The van der Waals surface area contributed by atoms with Gasteiger partial charge in [0, 0.05) is 31.2 Å². The Morgan fingerprint density at radius 2 is 2.10 bits per heavy atom. The summed E-state index contributed by atoms with van der Waals surface area (Å²) < 4.78 is 32.3. The largest absolute Gasteiger partial charge is 0.496 e. The zero-order valence-electron chi connectivity index (χ0n) is 12.5. The van der Waals surface area contributed by atoms with Gasteiger partial charge in [-0.2, -0.15) is 4.31 Å². The minimum atomic E-state index is -3.50. The number of hydrogen-bond donors (Lipinski definition) is 0. The van der Waals surface area contributed by atoms with Crippen LogP contribution in [0.4, 0.5) is 0 Å². The van der Waals surface area contributed by atoms with Crippen LogP contribution < -0.4 is 4.74 Å². The fourth-order valence-corrected chi connectivity index (χ4v) is 4.51. The summed E-state index contributed by atoms with van der Waals surface area (Å²) in [6.07, 6.45) is 0. The minimum Gasteiger partial charge on any atom is -0.496 e. The summed E-state index contributed by atoms with van der Waals surface area (Å²) >= 11 is 5.87. The zero-order valence-corrected chi connectivity index (χ0v) is 14.1. The number of halogens is 1. The molecule has 1 aromatic rings. The molecule has 21 heavy (non-hydrogen) atoms. The van der Waals surface area contributed by atoms with E-state index in [0.29, 0.717) is 17.9 Å². The molecule has 0 saturated carbocycles. The molecule has 7 heteroatoms. The van der Waals surface area contributed by atoms with Gasteiger partial charge in [0.1, 0.15) is 5.75 Å². The molecule has 118 valence electrons. The third kappa shape index (κ3) is 3.34. The Bertz CT molecular complexity index is 606. The lowest BCUT2D eigenvalue weighted by atomic mass is 10.2. The third-order valence-electron chi connectivity index (χ3n) is 3.77. The van der Waals surface area contributed by atoms with Crippen molar-refractivity contribution in [3.63, 3.8) is 0 Å². The highest BCUT2D eigenvalue weighted by Gasteiger charge is 2.32. The average Bonchev–Trinajstić information content (AvgIpc) is 2.46. The second kappa shape index (κ2) is 6.52. The van der Waals surface area contributed by atoms with Gasteiger partial charge in [-0.05, 0) is 32.2 Å². The summed E-state index contributed by atoms with van der Waals surface area (Å²) in [5.74, 6) is 0.820. The first-order valence-corrected chi connectivity index (χ1v) is 8.81. The van der Waals surface area contributed by atoms with Crippen LogP contribution in [0.3, 0.4) is 0 Å². The molecule has 1 heterocycles. The van der Waals surface area contributed by atoms with Crippen molar-refractivity contribution >= 4 is 21.6 Å². The molecular formula is C14H21ClN2O3S. The van der Waals surface area contributed by atoms with Gasteiger partial charge in [-0.15, -0.1) is 11.6 Å². The molecule has 1 atom stereocenters. The highest BCUT2D eigenvalue weighted by molar-refractivity contribution is 7.89. The first-order valence-electron chi connectivity index (χ1n) is 6.83. The maximum atomic E-state index is 12.8. The number of hydrogen-bond acceptors (Lipinski definition) is 4. The van der Waals surface area contributed by atoms with Crippen molar-refractivity contribution in [3.05, 3.63) is 23.8 Å². The molecule has 0 amide bonds. The number of nitrogens with zero attached hydrogens (tertiary/aromatic N) is 2. The van der Waals surface area contributed by atoms with E-state index in [9.17, 15) is 8.42 Å². The van der Waals surface area contributed by atoms with Gasteiger partial charge in [0.2, 0.25) is 10.0 Å². The number of benzene rings is 1. The molecule has 1 aliphatic rings. The van der Waals surface area contributed by atoms with E-state index >= 15 is 0 Å². The molecule has 1 saturated heterocycles. The van der Waals surface area contributed by atoms with E-state index in [1.54, 1.807) is 29.6 Å². The number of alkyl halides is 1. The Morgan fingerprint density at radius 1 is 1.38 bits per heavy atom. The van der Waals surface area contributed by atoms with E-state index in [2.05, 4.69) is 4.90 Å². The summed E-state index contributed by atoms with van der Waals surface area (Å²) in [4.78, 5) is 2.41. The van der Waals surface area contributed by atoms with Gasteiger partial charge in [0.05, 0.1) is 17.9 Å². The van der Waals surface area contributed by atoms with Gasteiger partial charge in [-0.3, -0.25) is 0 Å². The first kappa shape index (κ1) is 16.5. The van der Waals surface area contributed by atoms with Crippen LogP contribution in [0.1, 0.15) is 12.5 Å². The molecule has 2 rings (SSSR count). The Kier molecular flexibility index (Phi) is 5.14. The minimum absolute atomic E-state index is 0.0460. The highest BCUT2D eigenvalue weighted by atomic mass is 35.5. The number of ether oxygens (including phenoxy) is 1. The van der Waals surface area contributed by atoms with Gasteiger partial charge in [-0.25, -0.2) is 8.42 Å². The van der Waals surface area contributed by atoms with Gasteiger partial charge in [-0.1, -0.05) is 0 Å². The quantitative estimate of drug-likeness (QED) is 0.788. The number of likely N-dealkylation sites (N-methyl/N-ethyl adjacent to an activating group) is 1. The van der Waals surface area contributed by atoms with Crippen LogP contribution in [0.5, 0.6) is 5.75 Å². The van der Waals surface area contributed by atoms with E-state index in [0.717, 1.165) is 13.1 Å². The molecule has 0 aromatic heterocycles. The van der Waals surface area contributed by atoms with Crippen LogP contribution in [0.15, 0.2) is 23.1 Å². The van der Waals surface area contributed by atoms with Crippen LogP contribution in [0.2, 0.25) is 0 Å². The second-order valence-corrected chi connectivity index (χ2v) is 7.49. The maximum Gasteiger partial charge on any atom is 0.243 e. The van der Waals surface area contributed by atoms with Crippen molar-refractivity contribution in [2.24, 2.45) is 0 Å². The Hall–Kier alpha value is -0.820. The van der Waals surface area contributed by atoms with Crippen LogP contribution in [0.25, 0.3) is 0 Å². The molecule has 0 bridgehead atoms. The maximum absolute atomic E-state index is 12.8. The molecule has 0 N–H and O–H groups in total. The van der Waals surface area contributed by atoms with E-state index < -0.39 is 10.0 Å². The standard InChI is InChI=1S/C14H21ClN2O3S/c1-11-10-16(2)6-7-17(11)21(18,19)13-4-5-14(20-3)12(8-13)9-15/h4-5,8,11H,6-7,9-10H2,1-3H3. The normalized spacial score (nSPS) is 21.4. The molecule has 1 unspecified atom stereocenters. The summed E-state index contributed by atoms with van der Waals surface area (Å²) in [6, 6.07) is 4.79. The molecule has 1 aromatic carbocycles. The Morgan fingerprint density at radius 3 is 2.67 bits per heavy atom. The summed E-state index contributed by atoms with van der Waals surface area (Å²) in [5.41, 5.74) is 0.682. The van der Waals surface area contributed by atoms with Crippen LogP contribution in [-0.2, 0) is 15.9 Å². The molecular weight excluding hydrogens is 312 g/mol. The summed E-state index contributed by atoms with van der Waals surface area (Å²) in [7, 11) is 0.0434. The van der Waals surface area contributed by atoms with Gasteiger partial charge < -0.3 is 9.64 Å². The lowest BCUT2D eigenvalue weighted by Crippen LogP contribution is -2.52. The van der Waals surface area contributed by atoms with Crippen molar-refractivity contribution in [1.82, 2.24) is 9.21 Å². The lowest BCUT2D eigenvalue weighted by Gasteiger charge is -2.37. The summed E-state index contributed by atoms with van der Waals surface area (Å²) in [6.45, 7) is 3.90. The van der Waals surface area contributed by atoms with Crippen LogP contribution in [-0.4, -0.2) is 57.5 Å². The average molecular weight is 333 g/mol. The van der Waals surface area contributed by atoms with E-state index in [1.165, 1.54) is 0 Å². The monoisotopic (exact) mass is 332 g/mol. The van der Waals surface area contributed by atoms with E-state index in [4.69, 9.17) is 16.3 Å². The fraction of sp³-hybridized carbons (Fsp3) is 0.571. The van der Waals surface area contributed by atoms with Crippen molar-refractivity contribution in [1.29, 1.82) is 0 Å². The number of methoxy groups -OCH3 is 1. The first-order chi connectivity index (χ1) is 9.90. The molecule has 1 aliphatic heterocycles. The molecule has 1 fully saturated rings. The van der Waals surface area contributed by atoms with Crippen molar-refractivity contribution < 1.29 is 13.2 Å². The SMILES string of the molecule is COc1ccc(S(=O)(=O)N2CCN(C)CC2C)cc1CCl. The molecule has 5 nitrogen and oxygen atoms in total. The molecule has 0 aliphatic carbocycles. The number of sulfonamides is 1. The van der Waals surface area contributed by atoms with Gasteiger partial charge in [0.15, 0.2) is 0 Å². The Labute approximate surface area is 131 Å². The smallest absolute Gasteiger partial charge is 0.243 e. The molecule has 0 spiro atoms. The van der Waals surface area contributed by atoms with E-state index in [-0.39, 0.29) is 16.8 Å². The third-order valence-corrected chi connectivity index (χ3v) is 6.07. The highest BCUT2D eigenvalue weighted by Crippen LogP contribution is 2.27. The Balaban J connectivity index is 2.35. The van der Waals surface area contributed by atoms with Crippen molar-refractivity contribution in [3.8, 4) is 5.75 Å². The summed E-state index contributed by atoms with van der Waals surface area (Å²) in [5, 5.41) is 0. The predicted molar refractivity (Wildman–Crippen MR) is 83.4 cm³/mol. The number of rotatable bonds is 4. The van der Waals surface area contributed by atoms with E-state index in [1.807, 2.05) is 14.0 Å².